The van der Waals surface area contributed by atoms with Gasteiger partial charge in [-0.25, -0.2) is 4.39 Å². The van der Waals surface area contributed by atoms with Gasteiger partial charge in [-0.1, -0.05) is 18.6 Å². The zero-order valence-electron chi connectivity index (χ0n) is 9.40. The highest BCUT2D eigenvalue weighted by molar-refractivity contribution is 5.16. The third-order valence-corrected chi connectivity index (χ3v) is 3.23. The Bertz CT molecular complexity index is 342. The molecule has 0 spiro atoms. The largest absolute Gasteiger partial charge is 0.395 e. The lowest BCUT2D eigenvalue weighted by molar-refractivity contribution is 0.0840. The highest BCUT2D eigenvalue weighted by atomic mass is 19.1. The van der Waals surface area contributed by atoms with Gasteiger partial charge in [-0.3, -0.25) is 4.90 Å². The smallest absolute Gasteiger partial charge is 0.123 e. The zero-order valence-corrected chi connectivity index (χ0v) is 9.40. The average Bonchev–Trinajstić information content (AvgIpc) is 2.30. The fourth-order valence-corrected chi connectivity index (χ4v) is 2.34. The van der Waals surface area contributed by atoms with Crippen molar-refractivity contribution in [3.63, 3.8) is 0 Å². The number of hydrogen-bond acceptors (Lipinski definition) is 2. The maximum absolute atomic E-state index is 13.0. The summed E-state index contributed by atoms with van der Waals surface area (Å²) in [6, 6.07) is 6.96. The van der Waals surface area contributed by atoms with Crippen LogP contribution in [0.3, 0.4) is 0 Å². The van der Waals surface area contributed by atoms with E-state index in [1.807, 2.05) is 6.07 Å². The van der Waals surface area contributed by atoms with Crippen LogP contribution in [0.2, 0.25) is 0 Å². The van der Waals surface area contributed by atoms with E-state index < -0.39 is 0 Å². The maximum atomic E-state index is 13.0. The maximum Gasteiger partial charge on any atom is 0.123 e. The predicted octanol–water partition coefficient (Wildman–Crippen LogP) is 2.17. The molecule has 1 N–H and O–H groups in total. The van der Waals surface area contributed by atoms with Crippen molar-refractivity contribution < 1.29 is 9.50 Å². The van der Waals surface area contributed by atoms with E-state index in [0.717, 1.165) is 25.1 Å². The minimum Gasteiger partial charge on any atom is -0.395 e. The van der Waals surface area contributed by atoms with Crippen molar-refractivity contribution in [1.82, 2.24) is 4.90 Å². The Balaban J connectivity index is 2.02. The van der Waals surface area contributed by atoms with Crippen molar-refractivity contribution in [3.8, 4) is 0 Å². The molecular formula is C13H18FNO. The predicted molar refractivity (Wildman–Crippen MR) is 61.5 cm³/mol. The standard InChI is InChI=1S/C13H18FNO/c14-12-5-3-4-11(8-12)9-15-7-2-1-6-13(15)10-16/h3-5,8,13,16H,1-2,6-7,9-10H2/t13-/m1/s1. The number of halogens is 1. The molecule has 0 aliphatic carbocycles. The molecule has 1 aromatic carbocycles. The zero-order chi connectivity index (χ0) is 11.4. The van der Waals surface area contributed by atoms with Crippen molar-refractivity contribution >= 4 is 0 Å². The highest BCUT2D eigenvalue weighted by Gasteiger charge is 2.21. The Kier molecular flexibility index (Phi) is 3.91. The molecule has 1 saturated heterocycles. The van der Waals surface area contributed by atoms with Crippen molar-refractivity contribution in [2.75, 3.05) is 13.2 Å². The number of nitrogens with zero attached hydrogens (tertiary/aromatic N) is 1. The van der Waals surface area contributed by atoms with Crippen LogP contribution >= 0.6 is 0 Å². The van der Waals surface area contributed by atoms with E-state index in [-0.39, 0.29) is 18.5 Å². The lowest BCUT2D eigenvalue weighted by atomic mass is 10.0. The Labute approximate surface area is 95.7 Å². The molecule has 88 valence electrons. The second kappa shape index (κ2) is 5.41. The normalized spacial score (nSPS) is 22.2. The first-order valence-electron chi connectivity index (χ1n) is 5.89. The van der Waals surface area contributed by atoms with Gasteiger partial charge in [0.25, 0.3) is 0 Å². The fourth-order valence-electron chi connectivity index (χ4n) is 2.34. The molecule has 3 heteroatoms. The van der Waals surface area contributed by atoms with Crippen LogP contribution < -0.4 is 0 Å². The topological polar surface area (TPSA) is 23.5 Å². The van der Waals surface area contributed by atoms with Crippen molar-refractivity contribution in [1.29, 1.82) is 0 Å². The average molecular weight is 223 g/mol. The quantitative estimate of drug-likeness (QED) is 0.849. The van der Waals surface area contributed by atoms with Gasteiger partial charge in [0.15, 0.2) is 0 Å². The summed E-state index contributed by atoms with van der Waals surface area (Å²) in [7, 11) is 0. The summed E-state index contributed by atoms with van der Waals surface area (Å²) in [6.07, 6.45) is 3.41. The van der Waals surface area contributed by atoms with Crippen LogP contribution in [0.25, 0.3) is 0 Å². The molecule has 16 heavy (non-hydrogen) atoms. The monoisotopic (exact) mass is 223 g/mol. The number of piperidine rings is 1. The number of aliphatic hydroxyl groups is 1. The van der Waals surface area contributed by atoms with E-state index in [2.05, 4.69) is 4.90 Å². The molecule has 2 rings (SSSR count). The van der Waals surface area contributed by atoms with E-state index in [1.54, 1.807) is 12.1 Å². The van der Waals surface area contributed by atoms with E-state index in [4.69, 9.17) is 0 Å². The number of likely N-dealkylation sites (tertiary alicyclic amines) is 1. The third-order valence-electron chi connectivity index (χ3n) is 3.23. The number of aliphatic hydroxyl groups excluding tert-OH is 1. The summed E-state index contributed by atoms with van der Waals surface area (Å²) >= 11 is 0. The summed E-state index contributed by atoms with van der Waals surface area (Å²) < 4.78 is 13.0. The molecular weight excluding hydrogens is 205 g/mol. The minimum absolute atomic E-state index is 0.185. The first-order valence-corrected chi connectivity index (χ1v) is 5.89. The Morgan fingerprint density at radius 3 is 3.00 bits per heavy atom. The van der Waals surface area contributed by atoms with Gasteiger partial charge >= 0.3 is 0 Å². The van der Waals surface area contributed by atoms with Crippen LogP contribution in [0.1, 0.15) is 24.8 Å². The minimum atomic E-state index is -0.185. The van der Waals surface area contributed by atoms with Crippen LogP contribution in [0.15, 0.2) is 24.3 Å². The third kappa shape index (κ3) is 2.80. The van der Waals surface area contributed by atoms with Crippen LogP contribution in [-0.4, -0.2) is 29.2 Å². The van der Waals surface area contributed by atoms with Crippen LogP contribution in [0, 0.1) is 5.82 Å². The Morgan fingerprint density at radius 1 is 1.38 bits per heavy atom. The lowest BCUT2D eigenvalue weighted by Gasteiger charge is -2.34. The lowest BCUT2D eigenvalue weighted by Crippen LogP contribution is -2.41. The summed E-state index contributed by atoms with van der Waals surface area (Å²) in [6.45, 7) is 1.94. The van der Waals surface area contributed by atoms with Crippen LogP contribution in [-0.2, 0) is 6.54 Å². The molecule has 2 nitrogen and oxygen atoms in total. The number of rotatable bonds is 3. The Hall–Kier alpha value is -0.930. The second-order valence-electron chi connectivity index (χ2n) is 4.43. The van der Waals surface area contributed by atoms with E-state index in [9.17, 15) is 9.50 Å². The molecule has 1 fully saturated rings. The van der Waals surface area contributed by atoms with Crippen molar-refractivity contribution in [2.45, 2.75) is 31.8 Å². The van der Waals surface area contributed by atoms with Crippen molar-refractivity contribution in [2.24, 2.45) is 0 Å². The Morgan fingerprint density at radius 2 is 2.25 bits per heavy atom. The molecule has 1 heterocycles. The SMILES string of the molecule is OC[C@H]1CCCCN1Cc1cccc(F)c1. The van der Waals surface area contributed by atoms with Gasteiger partial charge in [0.2, 0.25) is 0 Å². The number of benzene rings is 1. The van der Waals surface area contributed by atoms with Crippen molar-refractivity contribution in [3.05, 3.63) is 35.6 Å². The van der Waals surface area contributed by atoms with Gasteiger partial charge in [0, 0.05) is 12.6 Å². The molecule has 0 amide bonds. The van der Waals surface area contributed by atoms with Gasteiger partial charge < -0.3 is 5.11 Å². The molecule has 1 aliphatic rings. The summed E-state index contributed by atoms with van der Waals surface area (Å²) in [4.78, 5) is 2.25. The second-order valence-corrected chi connectivity index (χ2v) is 4.43. The molecule has 0 unspecified atom stereocenters. The first-order chi connectivity index (χ1) is 7.79. The summed E-state index contributed by atoms with van der Waals surface area (Å²) in [5.74, 6) is -0.185. The van der Waals surface area contributed by atoms with Crippen LogP contribution in [0.4, 0.5) is 4.39 Å². The van der Waals surface area contributed by atoms with E-state index in [0.29, 0.717) is 0 Å². The van der Waals surface area contributed by atoms with Gasteiger partial charge in [0.05, 0.1) is 6.61 Å². The van der Waals surface area contributed by atoms with Gasteiger partial charge in [-0.05, 0) is 37.1 Å². The molecule has 1 aliphatic heterocycles. The molecule has 0 saturated carbocycles. The van der Waals surface area contributed by atoms with Gasteiger partial charge in [-0.2, -0.15) is 0 Å². The molecule has 1 atom stereocenters. The summed E-state index contributed by atoms with van der Waals surface area (Å²) in [5.41, 5.74) is 0.986. The summed E-state index contributed by atoms with van der Waals surface area (Å²) in [5, 5.41) is 9.28. The molecule has 0 radical (unpaired) electrons. The van der Waals surface area contributed by atoms with Crippen LogP contribution in [0.5, 0.6) is 0 Å². The molecule has 0 bridgehead atoms. The first kappa shape index (κ1) is 11.6. The van der Waals surface area contributed by atoms with Gasteiger partial charge in [-0.15, -0.1) is 0 Å². The highest BCUT2D eigenvalue weighted by Crippen LogP contribution is 2.19. The number of hydrogen-bond donors (Lipinski definition) is 1. The van der Waals surface area contributed by atoms with Gasteiger partial charge in [0.1, 0.15) is 5.82 Å². The van der Waals surface area contributed by atoms with E-state index >= 15 is 0 Å². The molecule has 0 aromatic heterocycles. The van der Waals surface area contributed by atoms with E-state index in [1.165, 1.54) is 18.9 Å². The molecule has 1 aromatic rings. The fraction of sp³-hybridized carbons (Fsp3) is 0.538.